The maximum Gasteiger partial charge on any atom is 0.416 e. The number of halogens is 3. The number of anilines is 3. The number of carbonyl (C=O) groups is 1. The van der Waals surface area contributed by atoms with Crippen molar-refractivity contribution >= 4 is 53.1 Å². The Morgan fingerprint density at radius 2 is 1.50 bits per heavy atom. The number of rotatable bonds is 5. The first-order valence-electron chi connectivity index (χ1n) is 10.6. The molecule has 0 fully saturated rings. The highest BCUT2D eigenvalue weighted by Crippen LogP contribution is 2.29. The topological polar surface area (TPSA) is 102 Å². The van der Waals surface area contributed by atoms with Gasteiger partial charge < -0.3 is 16.0 Å². The summed E-state index contributed by atoms with van der Waals surface area (Å²) in [5, 5.41) is 16.5. The fourth-order valence-corrected chi connectivity index (χ4v) is 3.31. The number of hydrogen-bond acceptors (Lipinski definition) is 2. The number of carbonyl (C=O) groups excluding carboxylic acids is 1. The molecule has 4 N–H and O–H groups in total. The second-order valence-electron chi connectivity index (χ2n) is 7.66. The molecule has 3 aromatic carbocycles. The van der Waals surface area contributed by atoms with Crippen LogP contribution in [0.5, 0.6) is 0 Å². The van der Waals surface area contributed by atoms with Crippen LogP contribution in [0.25, 0.3) is 0 Å². The van der Waals surface area contributed by atoms with Crippen LogP contribution >= 0.6 is 12.6 Å². The smallest absolute Gasteiger partial charge is 0.346 e. The molecule has 0 spiro atoms. The first kappa shape index (κ1) is 26.5. The first-order valence-corrected chi connectivity index (χ1v) is 11.0. The Labute approximate surface area is 211 Å². The minimum atomic E-state index is -4.40. The minimum Gasteiger partial charge on any atom is -0.346 e. The molecular weight excluding hydrogens is 489 g/mol. The Hall–Kier alpha value is -4.12. The molecule has 186 valence electrons. The van der Waals surface area contributed by atoms with Crippen LogP contribution in [0.1, 0.15) is 22.3 Å². The zero-order chi connectivity index (χ0) is 26.3. The molecule has 0 heterocycles. The van der Waals surface area contributed by atoms with Crippen LogP contribution in [-0.2, 0) is 6.18 Å². The van der Waals surface area contributed by atoms with Crippen molar-refractivity contribution in [2.24, 2.45) is 9.98 Å². The third kappa shape index (κ3) is 7.44. The number of urea groups is 1. The molecule has 0 atom stereocenters. The van der Waals surface area contributed by atoms with Crippen LogP contribution in [0.4, 0.5) is 35.0 Å². The highest BCUT2D eigenvalue weighted by Gasteiger charge is 2.29. The highest BCUT2D eigenvalue weighted by molar-refractivity contribution is 7.97. The lowest BCUT2D eigenvalue weighted by atomic mass is 10.1. The van der Waals surface area contributed by atoms with E-state index in [0.29, 0.717) is 16.9 Å². The van der Waals surface area contributed by atoms with E-state index in [4.69, 9.17) is 5.41 Å². The summed E-state index contributed by atoms with van der Waals surface area (Å²) in [5.41, 5.74) is 3.39. The van der Waals surface area contributed by atoms with Crippen LogP contribution in [0, 0.1) is 19.3 Å². The number of aryl methyl sites for hydroxylation is 2. The third-order valence-corrected chi connectivity index (χ3v) is 5.18. The van der Waals surface area contributed by atoms with Gasteiger partial charge in [0, 0.05) is 22.6 Å². The lowest BCUT2D eigenvalue weighted by molar-refractivity contribution is -0.137. The molecule has 3 aromatic rings. The van der Waals surface area contributed by atoms with Gasteiger partial charge >= 0.3 is 12.2 Å². The van der Waals surface area contributed by atoms with Crippen LogP contribution in [0.3, 0.4) is 0 Å². The molecule has 0 saturated carbocycles. The van der Waals surface area contributed by atoms with Gasteiger partial charge in [-0.25, -0.2) is 9.79 Å². The van der Waals surface area contributed by atoms with E-state index in [1.54, 1.807) is 24.3 Å². The molecule has 0 aliphatic carbocycles. The van der Waals surface area contributed by atoms with E-state index < -0.39 is 17.8 Å². The van der Waals surface area contributed by atoms with Crippen molar-refractivity contribution in [3.8, 4) is 0 Å². The maximum atomic E-state index is 12.6. The zero-order valence-electron chi connectivity index (χ0n) is 19.3. The van der Waals surface area contributed by atoms with E-state index in [2.05, 4.69) is 38.6 Å². The predicted molar refractivity (Wildman–Crippen MR) is 142 cm³/mol. The lowest BCUT2D eigenvalue weighted by Gasteiger charge is -2.11. The molecule has 3 rings (SSSR count). The Morgan fingerprint density at radius 3 is 2.08 bits per heavy atom. The number of nitrogens with zero attached hydrogens (tertiary/aromatic N) is 2. The van der Waals surface area contributed by atoms with Gasteiger partial charge in [-0.1, -0.05) is 18.2 Å². The number of para-hydroxylation sites is 1. The van der Waals surface area contributed by atoms with Gasteiger partial charge in [-0.05, 0) is 73.5 Å². The number of benzene rings is 3. The summed E-state index contributed by atoms with van der Waals surface area (Å²) < 4.78 is 37.8. The summed E-state index contributed by atoms with van der Waals surface area (Å²) in [5.74, 6) is -0.0826. The number of aliphatic imine (C=N–C) groups is 2. The van der Waals surface area contributed by atoms with Crippen molar-refractivity contribution in [2.75, 3.05) is 16.0 Å². The van der Waals surface area contributed by atoms with Crippen molar-refractivity contribution < 1.29 is 18.0 Å². The molecule has 36 heavy (non-hydrogen) atoms. The molecule has 0 saturated heterocycles. The average Bonchev–Trinajstić information content (AvgIpc) is 2.81. The average molecular weight is 513 g/mol. The van der Waals surface area contributed by atoms with Crippen molar-refractivity contribution in [1.82, 2.24) is 0 Å². The van der Waals surface area contributed by atoms with Crippen LogP contribution < -0.4 is 16.0 Å². The Morgan fingerprint density at radius 1 is 0.917 bits per heavy atom. The highest BCUT2D eigenvalue weighted by atomic mass is 32.1. The van der Waals surface area contributed by atoms with Crippen molar-refractivity contribution in [2.45, 2.75) is 20.0 Å². The zero-order valence-corrected chi connectivity index (χ0v) is 20.2. The molecule has 7 nitrogen and oxygen atoms in total. The van der Waals surface area contributed by atoms with Gasteiger partial charge in [-0.15, -0.1) is 12.6 Å². The summed E-state index contributed by atoms with van der Waals surface area (Å²) in [7, 11) is 0. The van der Waals surface area contributed by atoms with Crippen molar-refractivity contribution in [1.29, 1.82) is 5.41 Å². The van der Waals surface area contributed by atoms with E-state index in [1.165, 1.54) is 18.5 Å². The van der Waals surface area contributed by atoms with Gasteiger partial charge in [-0.2, -0.15) is 18.2 Å². The summed E-state index contributed by atoms with van der Waals surface area (Å²) in [6, 6.07) is 16.0. The number of hydrogen-bond donors (Lipinski definition) is 5. The Bertz CT molecular complexity index is 1280. The van der Waals surface area contributed by atoms with E-state index >= 15 is 0 Å². The fraction of sp³-hybridized carbons (Fsp3) is 0.120. The minimum absolute atomic E-state index is 0.0826. The number of thiol groups is 1. The Kier molecular flexibility index (Phi) is 8.49. The second-order valence-corrected chi connectivity index (χ2v) is 8.08. The molecule has 0 bridgehead atoms. The molecule has 11 heteroatoms. The molecular formula is C25H23F3N6OS. The van der Waals surface area contributed by atoms with E-state index in [1.807, 2.05) is 32.0 Å². The van der Waals surface area contributed by atoms with E-state index in [-0.39, 0.29) is 11.0 Å². The number of nitrogens with one attached hydrogen (secondary N) is 4. The SMILES string of the molecule is Cc1cccc(C)c1N/C(S)=N/C(=O)Nc1ccc(C(=N)/N=C\Nc2ccc(C(F)(F)F)cc2)cc1. The van der Waals surface area contributed by atoms with Crippen LogP contribution in [0.15, 0.2) is 76.7 Å². The first-order chi connectivity index (χ1) is 17.0. The molecule has 0 aliphatic heterocycles. The number of amidine groups is 2. The van der Waals surface area contributed by atoms with Crippen molar-refractivity contribution in [3.05, 3.63) is 89.0 Å². The van der Waals surface area contributed by atoms with Crippen LogP contribution in [0.2, 0.25) is 0 Å². The van der Waals surface area contributed by atoms with Gasteiger partial charge in [0.15, 0.2) is 11.0 Å². The monoisotopic (exact) mass is 512 g/mol. The normalized spacial score (nSPS) is 11.9. The molecule has 0 unspecified atom stereocenters. The molecule has 0 aliphatic rings. The molecule has 0 radical (unpaired) electrons. The predicted octanol–water partition coefficient (Wildman–Crippen LogP) is 6.72. The van der Waals surface area contributed by atoms with Crippen molar-refractivity contribution in [3.63, 3.8) is 0 Å². The number of amides is 2. The summed E-state index contributed by atoms with van der Waals surface area (Å²) in [4.78, 5) is 20.1. The molecule has 0 aromatic heterocycles. The van der Waals surface area contributed by atoms with Gasteiger partial charge in [0.1, 0.15) is 0 Å². The van der Waals surface area contributed by atoms with Crippen LogP contribution in [-0.4, -0.2) is 23.4 Å². The van der Waals surface area contributed by atoms with Gasteiger partial charge in [-0.3, -0.25) is 5.41 Å². The van der Waals surface area contributed by atoms with E-state index in [9.17, 15) is 18.0 Å². The quantitative estimate of drug-likeness (QED) is 0.149. The maximum absolute atomic E-state index is 12.6. The lowest BCUT2D eigenvalue weighted by Crippen LogP contribution is -2.14. The summed E-state index contributed by atoms with van der Waals surface area (Å²) in [6.07, 6.45) is -3.19. The van der Waals surface area contributed by atoms with E-state index in [0.717, 1.165) is 28.9 Å². The van der Waals surface area contributed by atoms with Gasteiger partial charge in [0.2, 0.25) is 0 Å². The fourth-order valence-electron chi connectivity index (χ4n) is 3.11. The largest absolute Gasteiger partial charge is 0.416 e. The second kappa shape index (κ2) is 11.5. The standard InChI is InChI=1S/C25H23F3N6OS/c1-15-4-3-5-16(2)21(15)33-24(36)34-23(35)32-20-10-6-17(7-11-20)22(29)31-14-30-19-12-8-18(9-13-19)25(26,27)28/h3-14H,1-2H3,(H2,29,30,31)(H3,32,33,34,35,36). The Balaban J connectivity index is 1.54. The number of alkyl halides is 3. The van der Waals surface area contributed by atoms with Gasteiger partial charge in [0.05, 0.1) is 11.9 Å². The summed E-state index contributed by atoms with van der Waals surface area (Å²) >= 11 is 4.24. The third-order valence-electron chi connectivity index (χ3n) is 4.97. The van der Waals surface area contributed by atoms with Gasteiger partial charge in [0.25, 0.3) is 0 Å². The summed E-state index contributed by atoms with van der Waals surface area (Å²) in [6.45, 7) is 3.87. The molecule has 2 amide bonds.